The van der Waals surface area contributed by atoms with Gasteiger partial charge in [-0.15, -0.1) is 0 Å². The number of carbonyl (C=O) groups is 2. The number of fused-ring (bicyclic) bond motifs is 1. The van der Waals surface area contributed by atoms with E-state index in [4.69, 9.17) is 0 Å². The van der Waals surface area contributed by atoms with Crippen LogP contribution < -0.4 is 5.32 Å². The third-order valence-corrected chi connectivity index (χ3v) is 4.98. The van der Waals surface area contributed by atoms with Crippen molar-refractivity contribution in [1.29, 1.82) is 0 Å². The van der Waals surface area contributed by atoms with E-state index in [0.717, 1.165) is 5.56 Å². The summed E-state index contributed by atoms with van der Waals surface area (Å²) in [5.74, 6) is 0.369. The first-order chi connectivity index (χ1) is 14.7. The highest BCUT2D eigenvalue weighted by Crippen LogP contribution is 2.22. The summed E-state index contributed by atoms with van der Waals surface area (Å²) in [6, 6.07) is 19.9. The minimum absolute atomic E-state index is 0.0290. The van der Waals surface area contributed by atoms with Crippen LogP contribution in [0, 0.1) is 0 Å². The van der Waals surface area contributed by atoms with Gasteiger partial charge in [0.25, 0.3) is 5.91 Å². The van der Waals surface area contributed by atoms with Gasteiger partial charge in [0.2, 0.25) is 0 Å². The molecule has 0 saturated heterocycles. The van der Waals surface area contributed by atoms with Crippen molar-refractivity contribution in [3.63, 3.8) is 0 Å². The summed E-state index contributed by atoms with van der Waals surface area (Å²) >= 11 is 0. The molecule has 5 rings (SSSR count). The number of nitrogens with one attached hydrogen (secondary N) is 1. The molecule has 7 heteroatoms. The van der Waals surface area contributed by atoms with Gasteiger partial charge in [0, 0.05) is 29.4 Å². The first-order valence-electron chi connectivity index (χ1n) is 9.59. The monoisotopic (exact) mass is 395 g/mol. The highest BCUT2D eigenvalue weighted by molar-refractivity contribution is 6.09. The Hall–Kier alpha value is -4.13. The fraction of sp³-hybridized carbons (Fsp3) is 0.0870. The summed E-state index contributed by atoms with van der Waals surface area (Å²) in [7, 11) is 0. The summed E-state index contributed by atoms with van der Waals surface area (Å²) < 4.78 is 1.69. The molecule has 30 heavy (non-hydrogen) atoms. The number of hydrogen-bond acceptors (Lipinski definition) is 5. The normalized spacial score (nSPS) is 12.9. The average molecular weight is 395 g/mol. The Kier molecular flexibility index (Phi) is 4.40. The smallest absolute Gasteiger partial charge is 0.269 e. The fourth-order valence-electron chi connectivity index (χ4n) is 3.43. The van der Waals surface area contributed by atoms with Crippen LogP contribution in [0.4, 0.5) is 0 Å². The van der Waals surface area contributed by atoms with Crippen molar-refractivity contribution in [2.45, 2.75) is 6.54 Å². The largest absolute Gasteiger partial charge is 0.349 e. The van der Waals surface area contributed by atoms with Crippen LogP contribution >= 0.6 is 0 Å². The van der Waals surface area contributed by atoms with E-state index in [1.54, 1.807) is 47.3 Å². The maximum absolute atomic E-state index is 12.6. The van der Waals surface area contributed by atoms with E-state index >= 15 is 0 Å². The molecular formula is C23H17N5O2. The summed E-state index contributed by atoms with van der Waals surface area (Å²) in [6.45, 7) is 1.20. The van der Waals surface area contributed by atoms with Crippen molar-refractivity contribution in [3.05, 3.63) is 89.7 Å². The third-order valence-electron chi connectivity index (χ3n) is 4.98. The molecule has 0 spiro atoms. The van der Waals surface area contributed by atoms with Gasteiger partial charge < -0.3 is 5.32 Å². The number of rotatable bonds is 4. The molecule has 2 aromatic heterocycles. The number of aromatic nitrogens is 4. The molecule has 7 nitrogen and oxygen atoms in total. The molecular weight excluding hydrogens is 378 g/mol. The van der Waals surface area contributed by atoms with Gasteiger partial charge in [-0.25, -0.2) is 9.97 Å². The molecule has 0 aliphatic carbocycles. The lowest BCUT2D eigenvalue weighted by Crippen LogP contribution is -2.35. The minimum atomic E-state index is -0.132. The zero-order valence-corrected chi connectivity index (χ0v) is 15.9. The van der Waals surface area contributed by atoms with Crippen LogP contribution in [0.5, 0.6) is 0 Å². The Morgan fingerprint density at radius 3 is 2.47 bits per heavy atom. The van der Waals surface area contributed by atoms with Gasteiger partial charge in [0.1, 0.15) is 11.4 Å². The number of amides is 1. The second-order valence-corrected chi connectivity index (χ2v) is 6.93. The van der Waals surface area contributed by atoms with Gasteiger partial charge in [-0.2, -0.15) is 5.10 Å². The van der Waals surface area contributed by atoms with Crippen LogP contribution in [0.1, 0.15) is 26.4 Å². The maximum atomic E-state index is 12.6. The van der Waals surface area contributed by atoms with Crippen LogP contribution in [-0.4, -0.2) is 38.0 Å². The lowest BCUT2D eigenvalue weighted by Gasteiger charge is -2.13. The van der Waals surface area contributed by atoms with E-state index in [1.807, 2.05) is 30.3 Å². The number of hydrogen-bond donors (Lipinski definition) is 1. The lowest BCUT2D eigenvalue weighted by molar-refractivity contribution is 0.0924. The molecule has 1 aliphatic heterocycles. The van der Waals surface area contributed by atoms with E-state index in [1.165, 1.54) is 0 Å². The van der Waals surface area contributed by atoms with Gasteiger partial charge in [0.15, 0.2) is 11.6 Å². The molecule has 1 aliphatic rings. The highest BCUT2D eigenvalue weighted by atomic mass is 16.2. The van der Waals surface area contributed by atoms with Crippen LogP contribution in [0.25, 0.3) is 22.8 Å². The molecule has 0 atom stereocenters. The Morgan fingerprint density at radius 1 is 0.933 bits per heavy atom. The van der Waals surface area contributed by atoms with Gasteiger partial charge in [-0.1, -0.05) is 54.6 Å². The van der Waals surface area contributed by atoms with Crippen molar-refractivity contribution in [2.75, 3.05) is 6.54 Å². The van der Waals surface area contributed by atoms with Crippen molar-refractivity contribution < 1.29 is 9.59 Å². The average Bonchev–Trinajstić information content (AvgIpc) is 3.25. The summed E-state index contributed by atoms with van der Waals surface area (Å²) in [5.41, 5.74) is 3.84. The maximum Gasteiger partial charge on any atom is 0.269 e. The Labute approximate surface area is 172 Å². The molecule has 1 N–H and O–H groups in total. The van der Waals surface area contributed by atoms with Crippen LogP contribution in [0.3, 0.4) is 0 Å². The third kappa shape index (κ3) is 3.26. The van der Waals surface area contributed by atoms with Gasteiger partial charge in [-0.05, 0) is 12.1 Å². The molecule has 0 fully saturated rings. The summed E-state index contributed by atoms with van der Waals surface area (Å²) in [4.78, 5) is 33.5. The molecule has 0 radical (unpaired) electrons. The van der Waals surface area contributed by atoms with E-state index in [-0.39, 0.29) is 11.7 Å². The van der Waals surface area contributed by atoms with Crippen molar-refractivity contribution in [2.24, 2.45) is 0 Å². The molecule has 0 saturated carbocycles. The van der Waals surface area contributed by atoms with E-state index < -0.39 is 0 Å². The number of benzene rings is 2. The predicted molar refractivity (Wildman–Crippen MR) is 111 cm³/mol. The Morgan fingerprint density at radius 2 is 1.70 bits per heavy atom. The SMILES string of the molecule is O=C(c1ccccc1)c1ccc(-c2nccc(-c3cc4n(n3)CCNC4=O)n2)cc1. The minimum Gasteiger partial charge on any atom is -0.349 e. The second-order valence-electron chi connectivity index (χ2n) is 6.93. The molecule has 0 unspecified atom stereocenters. The first kappa shape index (κ1) is 17.9. The number of nitrogens with zero attached hydrogens (tertiary/aromatic N) is 4. The topological polar surface area (TPSA) is 89.8 Å². The zero-order chi connectivity index (χ0) is 20.5. The summed E-state index contributed by atoms with van der Waals surface area (Å²) in [6.07, 6.45) is 1.67. The summed E-state index contributed by atoms with van der Waals surface area (Å²) in [5, 5.41) is 7.30. The van der Waals surface area contributed by atoms with Crippen LogP contribution in [0.15, 0.2) is 72.9 Å². The predicted octanol–water partition coefficient (Wildman–Crippen LogP) is 2.98. The number of ketones is 1. The van der Waals surface area contributed by atoms with Gasteiger partial charge >= 0.3 is 0 Å². The van der Waals surface area contributed by atoms with Crippen LogP contribution in [-0.2, 0) is 6.54 Å². The molecule has 2 aromatic carbocycles. The van der Waals surface area contributed by atoms with E-state index in [0.29, 0.717) is 47.1 Å². The highest BCUT2D eigenvalue weighted by Gasteiger charge is 2.20. The number of carbonyl (C=O) groups excluding carboxylic acids is 2. The Balaban J connectivity index is 1.43. The fourth-order valence-corrected chi connectivity index (χ4v) is 3.43. The second kappa shape index (κ2) is 7.36. The molecule has 0 bridgehead atoms. The van der Waals surface area contributed by atoms with Crippen LogP contribution in [0.2, 0.25) is 0 Å². The molecule has 3 heterocycles. The molecule has 1 amide bonds. The molecule has 4 aromatic rings. The standard InChI is InChI=1S/C23H17N5O2/c29-21(15-4-2-1-3-5-15)16-6-8-17(9-7-16)22-24-11-10-18(26-22)19-14-20-23(30)25-12-13-28(20)27-19/h1-11,14H,12-13H2,(H,25,30). The quantitative estimate of drug-likeness (QED) is 0.537. The zero-order valence-electron chi connectivity index (χ0n) is 15.9. The first-order valence-corrected chi connectivity index (χ1v) is 9.59. The van der Waals surface area contributed by atoms with E-state index in [9.17, 15) is 9.59 Å². The molecule has 146 valence electrons. The van der Waals surface area contributed by atoms with Gasteiger partial charge in [-0.3, -0.25) is 14.3 Å². The van der Waals surface area contributed by atoms with E-state index in [2.05, 4.69) is 20.4 Å². The van der Waals surface area contributed by atoms with Gasteiger partial charge in [0.05, 0.1) is 12.2 Å². The van der Waals surface area contributed by atoms with Crippen molar-refractivity contribution in [3.8, 4) is 22.8 Å². The van der Waals surface area contributed by atoms with Crippen molar-refractivity contribution in [1.82, 2.24) is 25.1 Å². The lowest BCUT2D eigenvalue weighted by atomic mass is 10.0. The Bertz CT molecular complexity index is 1250. The van der Waals surface area contributed by atoms with Crippen molar-refractivity contribution >= 4 is 11.7 Å².